The highest BCUT2D eigenvalue weighted by atomic mass is 19.1. The fourth-order valence-corrected chi connectivity index (χ4v) is 1.29. The maximum Gasteiger partial charge on any atom is 0.143 e. The summed E-state index contributed by atoms with van der Waals surface area (Å²) < 4.78 is 25.9. The number of nitrogens with zero attached hydrogens (tertiary/aromatic N) is 1. The molecule has 0 bridgehead atoms. The van der Waals surface area contributed by atoms with Crippen molar-refractivity contribution in [2.75, 3.05) is 6.54 Å². The first kappa shape index (κ1) is 13.4. The van der Waals surface area contributed by atoms with Crippen LogP contribution in [0, 0.1) is 17.6 Å². The molecule has 0 aliphatic carbocycles. The third-order valence-corrected chi connectivity index (χ3v) is 2.40. The van der Waals surface area contributed by atoms with E-state index in [0.717, 1.165) is 6.07 Å². The Morgan fingerprint density at radius 1 is 1.53 bits per heavy atom. The molecule has 0 spiro atoms. The van der Waals surface area contributed by atoms with Gasteiger partial charge in [0.05, 0.1) is 0 Å². The predicted molar refractivity (Wildman–Crippen MR) is 60.6 cm³/mol. The van der Waals surface area contributed by atoms with Gasteiger partial charge in [0.2, 0.25) is 0 Å². The lowest BCUT2D eigenvalue weighted by Gasteiger charge is -2.11. The highest BCUT2D eigenvalue weighted by Gasteiger charge is 2.08. The molecule has 4 N–H and O–H groups in total. The van der Waals surface area contributed by atoms with E-state index < -0.39 is 11.6 Å². The molecule has 1 unspecified atom stereocenters. The first-order valence-electron chi connectivity index (χ1n) is 5.16. The predicted octanol–water partition coefficient (Wildman–Crippen LogP) is 1.44. The first-order chi connectivity index (χ1) is 8.04. The van der Waals surface area contributed by atoms with Gasteiger partial charge >= 0.3 is 0 Å². The zero-order valence-electron chi connectivity index (χ0n) is 9.45. The molecule has 1 rings (SSSR count). The van der Waals surface area contributed by atoms with E-state index >= 15 is 0 Å². The van der Waals surface area contributed by atoms with Crippen LogP contribution in [-0.4, -0.2) is 17.6 Å². The van der Waals surface area contributed by atoms with Crippen LogP contribution < -0.4 is 11.1 Å². The Hall–Kier alpha value is -1.69. The monoisotopic (exact) mass is 243 g/mol. The fourth-order valence-electron chi connectivity index (χ4n) is 1.29. The summed E-state index contributed by atoms with van der Waals surface area (Å²) in [5.74, 6) is -1.24. The summed E-state index contributed by atoms with van der Waals surface area (Å²) >= 11 is 0. The molecule has 4 nitrogen and oxygen atoms in total. The maximum absolute atomic E-state index is 13.2. The van der Waals surface area contributed by atoms with Gasteiger partial charge in [-0.2, -0.15) is 0 Å². The second-order valence-electron chi connectivity index (χ2n) is 3.79. The van der Waals surface area contributed by atoms with Crippen LogP contribution in [-0.2, 0) is 6.54 Å². The van der Waals surface area contributed by atoms with E-state index in [4.69, 9.17) is 10.9 Å². The molecule has 0 radical (unpaired) electrons. The van der Waals surface area contributed by atoms with Gasteiger partial charge in [-0.25, -0.2) is 8.78 Å². The maximum atomic E-state index is 13.2. The lowest BCUT2D eigenvalue weighted by atomic mass is 10.1. The summed E-state index contributed by atoms with van der Waals surface area (Å²) in [4.78, 5) is 0. The van der Waals surface area contributed by atoms with Crippen LogP contribution in [0.15, 0.2) is 23.4 Å². The minimum absolute atomic E-state index is 0.108. The SMILES string of the molecule is CC(CNCc1ccc(F)cc1F)C(N)=NO. The number of nitrogens with two attached hydrogens (primary N) is 1. The normalized spacial score (nSPS) is 13.7. The minimum Gasteiger partial charge on any atom is -0.409 e. The van der Waals surface area contributed by atoms with E-state index in [1.54, 1.807) is 6.92 Å². The molecule has 94 valence electrons. The number of benzene rings is 1. The van der Waals surface area contributed by atoms with E-state index in [0.29, 0.717) is 12.1 Å². The second kappa shape index (κ2) is 6.15. The number of nitrogens with one attached hydrogen (secondary N) is 1. The van der Waals surface area contributed by atoms with Gasteiger partial charge in [0.25, 0.3) is 0 Å². The molecule has 0 aliphatic heterocycles. The van der Waals surface area contributed by atoms with Crippen LogP contribution in [0.5, 0.6) is 0 Å². The van der Waals surface area contributed by atoms with Crippen molar-refractivity contribution >= 4 is 5.84 Å². The molecule has 0 fully saturated rings. The van der Waals surface area contributed by atoms with Crippen LogP contribution in [0.3, 0.4) is 0 Å². The number of hydrogen-bond acceptors (Lipinski definition) is 3. The molecule has 1 aromatic carbocycles. The standard InChI is InChI=1S/C11H15F2N3O/c1-7(11(14)16-17)5-15-6-8-2-3-9(12)4-10(8)13/h2-4,7,15,17H,5-6H2,1H3,(H2,14,16). The van der Waals surface area contributed by atoms with Crippen LogP contribution in [0.2, 0.25) is 0 Å². The molecule has 0 heterocycles. The average Bonchev–Trinajstić information content (AvgIpc) is 2.30. The number of oxime groups is 1. The van der Waals surface area contributed by atoms with E-state index in [2.05, 4.69) is 10.5 Å². The summed E-state index contributed by atoms with van der Waals surface area (Å²) in [6.45, 7) is 2.46. The van der Waals surface area contributed by atoms with E-state index in [-0.39, 0.29) is 18.3 Å². The summed E-state index contributed by atoms with van der Waals surface area (Å²) in [5.41, 5.74) is 5.76. The van der Waals surface area contributed by atoms with E-state index in [1.807, 2.05) is 0 Å². The molecule has 1 atom stereocenters. The zero-order chi connectivity index (χ0) is 12.8. The molecule has 0 aliphatic rings. The summed E-state index contributed by atoms with van der Waals surface area (Å²) in [6.07, 6.45) is 0. The van der Waals surface area contributed by atoms with Gasteiger partial charge in [-0.1, -0.05) is 18.1 Å². The second-order valence-corrected chi connectivity index (χ2v) is 3.79. The lowest BCUT2D eigenvalue weighted by molar-refractivity contribution is 0.314. The molecular formula is C11H15F2N3O. The summed E-state index contributed by atoms with van der Waals surface area (Å²) in [5, 5.41) is 14.2. The largest absolute Gasteiger partial charge is 0.409 e. The van der Waals surface area contributed by atoms with Gasteiger partial charge in [0.15, 0.2) is 0 Å². The zero-order valence-corrected chi connectivity index (χ0v) is 9.45. The molecular weight excluding hydrogens is 228 g/mol. The average molecular weight is 243 g/mol. The van der Waals surface area contributed by atoms with Crippen molar-refractivity contribution in [3.05, 3.63) is 35.4 Å². The van der Waals surface area contributed by atoms with Gasteiger partial charge in [0, 0.05) is 30.6 Å². The van der Waals surface area contributed by atoms with Crippen LogP contribution in [0.25, 0.3) is 0 Å². The number of amidine groups is 1. The molecule has 0 amide bonds. The molecule has 6 heteroatoms. The van der Waals surface area contributed by atoms with Crippen molar-refractivity contribution in [3.8, 4) is 0 Å². The van der Waals surface area contributed by atoms with Crippen molar-refractivity contribution in [1.82, 2.24) is 5.32 Å². The van der Waals surface area contributed by atoms with E-state index in [9.17, 15) is 8.78 Å². The lowest BCUT2D eigenvalue weighted by Crippen LogP contribution is -2.31. The fraction of sp³-hybridized carbons (Fsp3) is 0.364. The van der Waals surface area contributed by atoms with Gasteiger partial charge in [-0.15, -0.1) is 0 Å². The van der Waals surface area contributed by atoms with Crippen molar-refractivity contribution in [1.29, 1.82) is 0 Å². The highest BCUT2D eigenvalue weighted by molar-refractivity contribution is 5.82. The Labute approximate surface area is 98.1 Å². The summed E-state index contributed by atoms with van der Waals surface area (Å²) in [7, 11) is 0. The van der Waals surface area contributed by atoms with Crippen molar-refractivity contribution in [2.45, 2.75) is 13.5 Å². The van der Waals surface area contributed by atoms with Crippen molar-refractivity contribution in [3.63, 3.8) is 0 Å². The summed E-state index contributed by atoms with van der Waals surface area (Å²) in [6, 6.07) is 3.42. The Morgan fingerprint density at radius 3 is 2.82 bits per heavy atom. The molecule has 0 saturated heterocycles. The quantitative estimate of drug-likeness (QED) is 0.317. The Kier molecular flexibility index (Phi) is 4.84. The Bertz CT molecular complexity index is 410. The van der Waals surface area contributed by atoms with Gasteiger partial charge in [0.1, 0.15) is 17.5 Å². The van der Waals surface area contributed by atoms with Crippen LogP contribution in [0.4, 0.5) is 8.78 Å². The number of rotatable bonds is 5. The van der Waals surface area contributed by atoms with Gasteiger partial charge in [-0.05, 0) is 6.07 Å². The Morgan fingerprint density at radius 2 is 2.24 bits per heavy atom. The van der Waals surface area contributed by atoms with Gasteiger partial charge in [-0.3, -0.25) is 0 Å². The van der Waals surface area contributed by atoms with Crippen molar-refractivity contribution < 1.29 is 14.0 Å². The third kappa shape index (κ3) is 3.99. The number of halogens is 2. The van der Waals surface area contributed by atoms with Crippen molar-refractivity contribution in [2.24, 2.45) is 16.8 Å². The highest BCUT2D eigenvalue weighted by Crippen LogP contribution is 2.09. The first-order valence-corrected chi connectivity index (χ1v) is 5.16. The Balaban J connectivity index is 2.46. The molecule has 17 heavy (non-hydrogen) atoms. The van der Waals surface area contributed by atoms with Crippen LogP contribution >= 0.6 is 0 Å². The smallest absolute Gasteiger partial charge is 0.143 e. The van der Waals surface area contributed by atoms with Gasteiger partial charge < -0.3 is 16.3 Å². The topological polar surface area (TPSA) is 70.6 Å². The van der Waals surface area contributed by atoms with Crippen LogP contribution in [0.1, 0.15) is 12.5 Å². The molecule has 0 saturated carbocycles. The molecule has 1 aromatic rings. The third-order valence-electron chi connectivity index (χ3n) is 2.40. The van der Waals surface area contributed by atoms with E-state index in [1.165, 1.54) is 12.1 Å². The number of hydrogen-bond donors (Lipinski definition) is 3. The minimum atomic E-state index is -0.601. The molecule has 0 aromatic heterocycles.